The first-order chi connectivity index (χ1) is 7.48. The van der Waals surface area contributed by atoms with Crippen molar-refractivity contribution in [3.05, 3.63) is 34.6 Å². The highest BCUT2D eigenvalue weighted by atomic mass is 35.5. The molecule has 0 amide bonds. The van der Waals surface area contributed by atoms with Gasteiger partial charge in [-0.25, -0.2) is 4.39 Å². The van der Waals surface area contributed by atoms with E-state index in [1.807, 2.05) is 0 Å². The van der Waals surface area contributed by atoms with Gasteiger partial charge in [-0.2, -0.15) is 0 Å². The molecule has 1 aromatic carbocycles. The van der Waals surface area contributed by atoms with Crippen LogP contribution in [0.1, 0.15) is 31.7 Å². The monoisotopic (exact) mass is 241 g/mol. The van der Waals surface area contributed by atoms with Crippen LogP contribution in [0.3, 0.4) is 0 Å². The number of hydrogen-bond donors (Lipinski definition) is 1. The van der Waals surface area contributed by atoms with E-state index in [0.29, 0.717) is 5.02 Å². The van der Waals surface area contributed by atoms with Crippen LogP contribution in [0.5, 0.6) is 0 Å². The van der Waals surface area contributed by atoms with E-state index in [1.54, 1.807) is 6.07 Å². The Bertz CT molecular complexity index is 394. The minimum Gasteiger partial charge on any atom is -0.328 e. The Morgan fingerprint density at radius 2 is 2.31 bits per heavy atom. The molecule has 88 valence electrons. The SMILES string of the molecule is CC1(Cc2cc(F)ccc2Cl)CCC(N)C1. The molecule has 2 N–H and O–H groups in total. The van der Waals surface area contributed by atoms with Gasteiger partial charge in [-0.1, -0.05) is 18.5 Å². The summed E-state index contributed by atoms with van der Waals surface area (Å²) in [7, 11) is 0. The molecule has 2 rings (SSSR count). The Morgan fingerprint density at radius 3 is 2.94 bits per heavy atom. The smallest absolute Gasteiger partial charge is 0.123 e. The van der Waals surface area contributed by atoms with E-state index in [0.717, 1.165) is 31.2 Å². The summed E-state index contributed by atoms with van der Waals surface area (Å²) in [6.07, 6.45) is 3.97. The second-order valence-electron chi connectivity index (χ2n) is 5.23. The van der Waals surface area contributed by atoms with Gasteiger partial charge in [0, 0.05) is 11.1 Å². The fraction of sp³-hybridized carbons (Fsp3) is 0.538. The third-order valence-corrected chi connectivity index (χ3v) is 3.87. The summed E-state index contributed by atoms with van der Waals surface area (Å²) in [6.45, 7) is 2.21. The van der Waals surface area contributed by atoms with Crippen LogP contribution >= 0.6 is 11.6 Å². The first-order valence-corrected chi connectivity index (χ1v) is 6.06. The zero-order valence-corrected chi connectivity index (χ0v) is 10.2. The molecule has 1 fully saturated rings. The second-order valence-corrected chi connectivity index (χ2v) is 5.63. The Morgan fingerprint density at radius 1 is 1.56 bits per heavy atom. The first kappa shape index (κ1) is 11.9. The van der Waals surface area contributed by atoms with Gasteiger partial charge in [-0.05, 0) is 54.9 Å². The van der Waals surface area contributed by atoms with Gasteiger partial charge in [-0.3, -0.25) is 0 Å². The lowest BCUT2D eigenvalue weighted by Crippen LogP contribution is -2.21. The lowest BCUT2D eigenvalue weighted by Gasteiger charge is -2.24. The van der Waals surface area contributed by atoms with Gasteiger partial charge in [0.2, 0.25) is 0 Å². The summed E-state index contributed by atoms with van der Waals surface area (Å²) in [5, 5.41) is 0.656. The number of halogens is 2. The van der Waals surface area contributed by atoms with Crippen molar-refractivity contribution in [3.8, 4) is 0 Å². The molecule has 1 saturated carbocycles. The van der Waals surface area contributed by atoms with E-state index < -0.39 is 0 Å². The molecule has 16 heavy (non-hydrogen) atoms. The van der Waals surface area contributed by atoms with Crippen LogP contribution in [0.4, 0.5) is 4.39 Å². The molecular weight excluding hydrogens is 225 g/mol. The number of hydrogen-bond acceptors (Lipinski definition) is 1. The second kappa shape index (κ2) is 4.34. The van der Waals surface area contributed by atoms with Crippen molar-refractivity contribution in [1.29, 1.82) is 0 Å². The molecule has 1 aliphatic rings. The lowest BCUT2D eigenvalue weighted by molar-refractivity contribution is 0.329. The highest BCUT2D eigenvalue weighted by molar-refractivity contribution is 6.31. The van der Waals surface area contributed by atoms with Gasteiger partial charge in [-0.15, -0.1) is 0 Å². The maximum Gasteiger partial charge on any atom is 0.123 e. The van der Waals surface area contributed by atoms with Gasteiger partial charge in [0.25, 0.3) is 0 Å². The van der Waals surface area contributed by atoms with Gasteiger partial charge >= 0.3 is 0 Å². The zero-order chi connectivity index (χ0) is 11.8. The number of nitrogens with two attached hydrogens (primary N) is 1. The van der Waals surface area contributed by atoms with Crippen LogP contribution in [0.25, 0.3) is 0 Å². The normalized spacial score (nSPS) is 29.6. The van der Waals surface area contributed by atoms with Gasteiger partial charge in [0.1, 0.15) is 5.82 Å². The Kier molecular flexibility index (Phi) is 3.22. The van der Waals surface area contributed by atoms with Gasteiger partial charge < -0.3 is 5.73 Å². The predicted molar refractivity (Wildman–Crippen MR) is 65.0 cm³/mol. The molecule has 0 saturated heterocycles. The van der Waals surface area contributed by atoms with Crippen LogP contribution in [-0.4, -0.2) is 6.04 Å². The fourth-order valence-electron chi connectivity index (χ4n) is 2.67. The average Bonchev–Trinajstić information content (AvgIpc) is 2.52. The highest BCUT2D eigenvalue weighted by Crippen LogP contribution is 2.41. The topological polar surface area (TPSA) is 26.0 Å². The van der Waals surface area contributed by atoms with E-state index in [2.05, 4.69) is 6.92 Å². The quantitative estimate of drug-likeness (QED) is 0.842. The van der Waals surface area contributed by atoms with Crippen molar-refractivity contribution < 1.29 is 4.39 Å². The Labute approximate surface area is 101 Å². The Balaban J connectivity index is 2.17. The molecular formula is C13H17ClFN. The summed E-state index contributed by atoms with van der Waals surface area (Å²) in [6, 6.07) is 4.86. The van der Waals surface area contributed by atoms with Crippen molar-refractivity contribution in [2.45, 2.75) is 38.6 Å². The molecule has 1 aliphatic carbocycles. The van der Waals surface area contributed by atoms with Crippen LogP contribution in [0.15, 0.2) is 18.2 Å². The van der Waals surface area contributed by atoms with E-state index in [1.165, 1.54) is 12.1 Å². The molecule has 0 heterocycles. The molecule has 0 radical (unpaired) electrons. The third-order valence-electron chi connectivity index (χ3n) is 3.50. The maximum atomic E-state index is 13.1. The first-order valence-electron chi connectivity index (χ1n) is 5.68. The average molecular weight is 242 g/mol. The van der Waals surface area contributed by atoms with Crippen molar-refractivity contribution in [2.24, 2.45) is 11.1 Å². The minimum absolute atomic E-state index is 0.177. The van der Waals surface area contributed by atoms with E-state index in [4.69, 9.17) is 17.3 Å². The van der Waals surface area contributed by atoms with E-state index >= 15 is 0 Å². The van der Waals surface area contributed by atoms with Crippen molar-refractivity contribution in [3.63, 3.8) is 0 Å². The zero-order valence-electron chi connectivity index (χ0n) is 9.47. The summed E-state index contributed by atoms with van der Waals surface area (Å²) in [5.41, 5.74) is 7.00. The third kappa shape index (κ3) is 2.55. The molecule has 3 heteroatoms. The summed E-state index contributed by atoms with van der Waals surface area (Å²) in [5.74, 6) is -0.217. The van der Waals surface area contributed by atoms with E-state index in [9.17, 15) is 4.39 Å². The van der Waals surface area contributed by atoms with Gasteiger partial charge in [0.05, 0.1) is 0 Å². The van der Waals surface area contributed by atoms with Gasteiger partial charge in [0.15, 0.2) is 0 Å². The van der Waals surface area contributed by atoms with Crippen molar-refractivity contribution >= 4 is 11.6 Å². The van der Waals surface area contributed by atoms with Crippen molar-refractivity contribution in [2.75, 3.05) is 0 Å². The minimum atomic E-state index is -0.217. The predicted octanol–water partition coefficient (Wildman–Crippen LogP) is 3.54. The number of benzene rings is 1. The molecule has 0 spiro atoms. The molecule has 2 unspecified atom stereocenters. The number of rotatable bonds is 2. The molecule has 0 aliphatic heterocycles. The standard InChI is InChI=1S/C13H17ClFN/c1-13(5-4-11(16)8-13)7-9-6-10(15)2-3-12(9)14/h2-3,6,11H,4-5,7-8,16H2,1H3. The maximum absolute atomic E-state index is 13.1. The molecule has 1 nitrogen and oxygen atoms in total. The van der Waals surface area contributed by atoms with E-state index in [-0.39, 0.29) is 17.3 Å². The summed E-state index contributed by atoms with van der Waals surface area (Å²) in [4.78, 5) is 0. The molecule has 0 bridgehead atoms. The van der Waals surface area contributed by atoms with Crippen LogP contribution in [0, 0.1) is 11.2 Å². The van der Waals surface area contributed by atoms with Crippen LogP contribution in [-0.2, 0) is 6.42 Å². The summed E-state index contributed by atoms with van der Waals surface area (Å²) < 4.78 is 13.1. The van der Waals surface area contributed by atoms with Crippen molar-refractivity contribution in [1.82, 2.24) is 0 Å². The fourth-order valence-corrected chi connectivity index (χ4v) is 2.85. The highest BCUT2D eigenvalue weighted by Gasteiger charge is 2.33. The van der Waals surface area contributed by atoms with Crippen LogP contribution in [0.2, 0.25) is 5.02 Å². The molecule has 1 aromatic rings. The summed E-state index contributed by atoms with van der Waals surface area (Å²) >= 11 is 6.08. The molecule has 0 aromatic heterocycles. The van der Waals surface area contributed by atoms with Crippen LogP contribution < -0.4 is 5.73 Å². The molecule has 2 atom stereocenters. The largest absolute Gasteiger partial charge is 0.328 e. The Hall–Kier alpha value is -0.600. The lowest BCUT2D eigenvalue weighted by atomic mass is 9.82.